The molecule has 1 aromatic rings. The molecule has 0 saturated heterocycles. The lowest BCUT2D eigenvalue weighted by atomic mass is 9.83. The number of carboxylic acids is 1. The van der Waals surface area contributed by atoms with E-state index in [0.29, 0.717) is 18.9 Å². The molecular formula is C14H19NO3. The number of aromatic carboxylic acids is 1. The minimum absolute atomic E-state index is 0.250. The van der Waals surface area contributed by atoms with Gasteiger partial charge in [0, 0.05) is 11.8 Å². The Morgan fingerprint density at radius 1 is 1.50 bits per heavy atom. The SMILES string of the molecule is CCc1cc(C(=O)O)cc(OCCC2CCC2)n1. The van der Waals surface area contributed by atoms with Gasteiger partial charge in [-0.05, 0) is 24.8 Å². The van der Waals surface area contributed by atoms with Gasteiger partial charge in [-0.2, -0.15) is 0 Å². The molecule has 1 aliphatic rings. The van der Waals surface area contributed by atoms with Crippen LogP contribution in [-0.4, -0.2) is 22.7 Å². The first-order chi connectivity index (χ1) is 8.69. The predicted octanol–water partition coefficient (Wildman–Crippen LogP) is 2.91. The summed E-state index contributed by atoms with van der Waals surface area (Å²) in [5.74, 6) is 0.292. The van der Waals surface area contributed by atoms with E-state index in [9.17, 15) is 4.79 Å². The Hall–Kier alpha value is -1.58. The second-order valence-corrected chi connectivity index (χ2v) is 4.78. The first-order valence-corrected chi connectivity index (χ1v) is 6.56. The number of pyridine rings is 1. The van der Waals surface area contributed by atoms with Crippen molar-refractivity contribution in [3.63, 3.8) is 0 Å². The molecule has 0 amide bonds. The Labute approximate surface area is 107 Å². The monoisotopic (exact) mass is 249 g/mol. The van der Waals surface area contributed by atoms with Crippen LogP contribution in [0, 0.1) is 5.92 Å². The number of aromatic nitrogens is 1. The van der Waals surface area contributed by atoms with E-state index in [1.807, 2.05) is 6.92 Å². The number of aryl methyl sites for hydroxylation is 1. The molecule has 1 heterocycles. The highest BCUT2D eigenvalue weighted by atomic mass is 16.5. The van der Waals surface area contributed by atoms with E-state index in [1.54, 1.807) is 6.07 Å². The van der Waals surface area contributed by atoms with E-state index in [-0.39, 0.29) is 5.56 Å². The van der Waals surface area contributed by atoms with Gasteiger partial charge in [0.05, 0.1) is 12.2 Å². The van der Waals surface area contributed by atoms with Gasteiger partial charge in [0.1, 0.15) is 0 Å². The number of hydrogen-bond acceptors (Lipinski definition) is 3. The van der Waals surface area contributed by atoms with Gasteiger partial charge < -0.3 is 9.84 Å². The number of nitrogens with zero attached hydrogens (tertiary/aromatic N) is 1. The van der Waals surface area contributed by atoms with Gasteiger partial charge in [-0.15, -0.1) is 0 Å². The third-order valence-corrected chi connectivity index (χ3v) is 3.46. The van der Waals surface area contributed by atoms with Crippen LogP contribution in [0.5, 0.6) is 5.88 Å². The van der Waals surface area contributed by atoms with Crippen molar-refractivity contribution in [2.75, 3.05) is 6.61 Å². The zero-order valence-corrected chi connectivity index (χ0v) is 10.7. The van der Waals surface area contributed by atoms with Crippen LogP contribution in [0.25, 0.3) is 0 Å². The van der Waals surface area contributed by atoms with Crippen molar-refractivity contribution in [1.29, 1.82) is 0 Å². The summed E-state index contributed by atoms with van der Waals surface area (Å²) in [7, 11) is 0. The average molecular weight is 249 g/mol. The van der Waals surface area contributed by atoms with Crippen LogP contribution >= 0.6 is 0 Å². The third kappa shape index (κ3) is 3.22. The highest BCUT2D eigenvalue weighted by molar-refractivity contribution is 5.88. The molecule has 0 aliphatic heterocycles. The highest BCUT2D eigenvalue weighted by Crippen LogP contribution is 2.29. The third-order valence-electron chi connectivity index (χ3n) is 3.46. The van der Waals surface area contributed by atoms with Crippen LogP contribution in [0.4, 0.5) is 0 Å². The quantitative estimate of drug-likeness (QED) is 0.842. The summed E-state index contributed by atoms with van der Waals surface area (Å²) in [6.45, 7) is 2.58. The Morgan fingerprint density at radius 2 is 2.28 bits per heavy atom. The summed E-state index contributed by atoms with van der Waals surface area (Å²) in [6, 6.07) is 3.10. The van der Waals surface area contributed by atoms with Crippen molar-refractivity contribution in [2.24, 2.45) is 5.92 Å². The molecule has 1 aromatic heterocycles. The van der Waals surface area contributed by atoms with Gasteiger partial charge in [0.2, 0.25) is 5.88 Å². The van der Waals surface area contributed by atoms with Gasteiger partial charge in [-0.3, -0.25) is 0 Å². The van der Waals surface area contributed by atoms with Crippen molar-refractivity contribution in [3.8, 4) is 5.88 Å². The summed E-state index contributed by atoms with van der Waals surface area (Å²) in [5, 5.41) is 9.01. The molecule has 0 bridgehead atoms. The van der Waals surface area contributed by atoms with E-state index in [0.717, 1.165) is 18.0 Å². The van der Waals surface area contributed by atoms with Gasteiger partial charge >= 0.3 is 5.97 Å². The molecule has 98 valence electrons. The van der Waals surface area contributed by atoms with E-state index < -0.39 is 5.97 Å². The predicted molar refractivity (Wildman–Crippen MR) is 68.0 cm³/mol. The van der Waals surface area contributed by atoms with Crippen molar-refractivity contribution in [3.05, 3.63) is 23.4 Å². The standard InChI is InChI=1S/C14H19NO3/c1-2-12-8-11(14(16)17)9-13(15-12)18-7-6-10-4-3-5-10/h8-10H,2-7H2,1H3,(H,16,17). The molecule has 1 N–H and O–H groups in total. The lowest BCUT2D eigenvalue weighted by molar-refractivity contribution is 0.0696. The second-order valence-electron chi connectivity index (χ2n) is 4.78. The summed E-state index contributed by atoms with van der Waals surface area (Å²) >= 11 is 0. The van der Waals surface area contributed by atoms with E-state index in [2.05, 4.69) is 4.98 Å². The van der Waals surface area contributed by atoms with Gasteiger partial charge in [0.15, 0.2) is 0 Å². The van der Waals surface area contributed by atoms with Crippen LogP contribution in [-0.2, 0) is 6.42 Å². The number of carboxylic acid groups (broad SMARTS) is 1. The number of ether oxygens (including phenoxy) is 1. The van der Waals surface area contributed by atoms with E-state index in [4.69, 9.17) is 9.84 Å². The van der Waals surface area contributed by atoms with Crippen LogP contribution < -0.4 is 4.74 Å². The molecule has 4 heteroatoms. The largest absolute Gasteiger partial charge is 0.478 e. The van der Waals surface area contributed by atoms with Crippen LogP contribution in [0.15, 0.2) is 12.1 Å². The fraction of sp³-hybridized carbons (Fsp3) is 0.571. The fourth-order valence-corrected chi connectivity index (χ4v) is 2.05. The zero-order valence-electron chi connectivity index (χ0n) is 10.7. The lowest BCUT2D eigenvalue weighted by Crippen LogP contribution is -2.15. The minimum atomic E-state index is -0.934. The van der Waals surface area contributed by atoms with Crippen LogP contribution in [0.3, 0.4) is 0 Å². The summed E-state index contributed by atoms with van der Waals surface area (Å²) in [6.07, 6.45) is 5.68. The Kier molecular flexibility index (Phi) is 4.18. The van der Waals surface area contributed by atoms with Gasteiger partial charge in [-0.1, -0.05) is 26.2 Å². The van der Waals surface area contributed by atoms with E-state index >= 15 is 0 Å². The smallest absolute Gasteiger partial charge is 0.335 e. The van der Waals surface area contributed by atoms with Crippen molar-refractivity contribution in [2.45, 2.75) is 39.0 Å². The van der Waals surface area contributed by atoms with Crippen molar-refractivity contribution in [1.82, 2.24) is 4.98 Å². The van der Waals surface area contributed by atoms with Gasteiger partial charge in [-0.25, -0.2) is 9.78 Å². The number of carbonyl (C=O) groups is 1. The molecule has 0 aromatic carbocycles. The maximum atomic E-state index is 11.0. The molecule has 0 spiro atoms. The maximum Gasteiger partial charge on any atom is 0.335 e. The van der Waals surface area contributed by atoms with Crippen LogP contribution in [0.1, 0.15) is 48.7 Å². The molecule has 18 heavy (non-hydrogen) atoms. The van der Waals surface area contributed by atoms with Crippen molar-refractivity contribution < 1.29 is 14.6 Å². The molecule has 1 saturated carbocycles. The molecule has 0 radical (unpaired) electrons. The lowest BCUT2D eigenvalue weighted by Gasteiger charge is -2.24. The Bertz CT molecular complexity index is 427. The molecule has 1 aliphatic carbocycles. The van der Waals surface area contributed by atoms with E-state index in [1.165, 1.54) is 25.3 Å². The first kappa shape index (κ1) is 12.9. The maximum absolute atomic E-state index is 11.0. The Morgan fingerprint density at radius 3 is 2.83 bits per heavy atom. The molecule has 0 atom stereocenters. The summed E-state index contributed by atoms with van der Waals surface area (Å²) in [4.78, 5) is 15.3. The summed E-state index contributed by atoms with van der Waals surface area (Å²) in [5.41, 5.74) is 1.01. The fourth-order valence-electron chi connectivity index (χ4n) is 2.05. The second kappa shape index (κ2) is 5.85. The molecular weight excluding hydrogens is 230 g/mol. The van der Waals surface area contributed by atoms with Crippen molar-refractivity contribution >= 4 is 5.97 Å². The number of hydrogen-bond donors (Lipinski definition) is 1. The molecule has 4 nitrogen and oxygen atoms in total. The summed E-state index contributed by atoms with van der Waals surface area (Å²) < 4.78 is 5.57. The van der Waals surface area contributed by atoms with Gasteiger partial charge in [0.25, 0.3) is 0 Å². The zero-order chi connectivity index (χ0) is 13.0. The topological polar surface area (TPSA) is 59.4 Å². The number of rotatable bonds is 6. The minimum Gasteiger partial charge on any atom is -0.478 e. The highest BCUT2D eigenvalue weighted by Gasteiger charge is 2.17. The molecule has 2 rings (SSSR count). The first-order valence-electron chi connectivity index (χ1n) is 6.56. The Balaban J connectivity index is 1.96. The molecule has 1 fully saturated rings. The molecule has 0 unspecified atom stereocenters. The normalized spacial score (nSPS) is 15.2. The van der Waals surface area contributed by atoms with Crippen LogP contribution in [0.2, 0.25) is 0 Å². The average Bonchev–Trinajstić information content (AvgIpc) is 2.31.